The SMILES string of the molecule is C=CCCCCOB(OCCCCC=C)OCCCCC=C.C=CCCCCOS(=O)(=O)OCCCCC=C.C=CCCCCO[Si](OCCCCC=C)(OCCCCC=C)OCCCCC=C. The summed E-state index contributed by atoms with van der Waals surface area (Å²) < 4.78 is 73.5. The maximum Gasteiger partial charge on any atom is 0.679 e. The van der Waals surface area contributed by atoms with Crippen molar-refractivity contribution in [3.63, 3.8) is 0 Å². The first-order valence-electron chi connectivity index (χ1n) is 25.6. The Morgan fingerprint density at radius 2 is 0.485 bits per heavy atom. The lowest BCUT2D eigenvalue weighted by Gasteiger charge is -2.28. The summed E-state index contributed by atoms with van der Waals surface area (Å²) in [7, 11) is -7.48. The van der Waals surface area contributed by atoms with Crippen LogP contribution in [0, 0.1) is 0 Å². The summed E-state index contributed by atoms with van der Waals surface area (Å²) in [4.78, 5) is 0. The topological polar surface area (TPSA) is 117 Å². The predicted molar refractivity (Wildman–Crippen MR) is 290 cm³/mol. The lowest BCUT2D eigenvalue weighted by atomic mass is 10.2. The van der Waals surface area contributed by atoms with Gasteiger partial charge in [0.05, 0.1) is 13.2 Å². The van der Waals surface area contributed by atoms with Gasteiger partial charge in [-0.15, -0.1) is 59.2 Å². The molecule has 0 saturated carbocycles. The molecule has 0 aromatic heterocycles. The minimum Gasteiger partial charge on any atom is -0.386 e. The summed E-state index contributed by atoms with van der Waals surface area (Å²) in [5, 5.41) is 0. The molecule has 0 aliphatic carbocycles. The van der Waals surface area contributed by atoms with Crippen molar-refractivity contribution in [2.45, 2.75) is 173 Å². The number of allylic oxidation sites excluding steroid dienone is 9. The first-order valence-corrected chi connectivity index (χ1v) is 28.6. The molecule has 0 aliphatic heterocycles. The lowest BCUT2D eigenvalue weighted by molar-refractivity contribution is -0.0372. The van der Waals surface area contributed by atoms with Gasteiger partial charge < -0.3 is 31.7 Å². The molecule has 0 spiro atoms. The van der Waals surface area contributed by atoms with Crippen molar-refractivity contribution in [2.75, 3.05) is 59.5 Å². The van der Waals surface area contributed by atoms with Crippen molar-refractivity contribution in [1.29, 1.82) is 0 Å². The van der Waals surface area contributed by atoms with Crippen LogP contribution in [0.2, 0.25) is 0 Å². The average molecular weight is 995 g/mol. The molecule has 0 bridgehead atoms. The number of rotatable bonds is 54. The van der Waals surface area contributed by atoms with Gasteiger partial charge in [0.25, 0.3) is 0 Å². The zero-order valence-corrected chi connectivity index (χ0v) is 44.8. The van der Waals surface area contributed by atoms with Gasteiger partial charge in [-0.2, -0.15) is 8.42 Å². The molecule has 0 aromatic rings. The van der Waals surface area contributed by atoms with Crippen LogP contribution in [0.25, 0.3) is 0 Å². The van der Waals surface area contributed by atoms with E-state index in [1.165, 1.54) is 0 Å². The quantitative estimate of drug-likeness (QED) is 0.0329. The van der Waals surface area contributed by atoms with E-state index in [1.807, 2.05) is 42.5 Å². The van der Waals surface area contributed by atoms with Crippen LogP contribution in [0.15, 0.2) is 114 Å². The molecule has 0 N–H and O–H groups in total. The van der Waals surface area contributed by atoms with Crippen molar-refractivity contribution in [1.82, 2.24) is 0 Å². The van der Waals surface area contributed by atoms with Crippen LogP contribution >= 0.6 is 0 Å². The minimum absolute atomic E-state index is 0.169. The molecule has 0 heterocycles. The second-order valence-corrected chi connectivity index (χ2v) is 19.3. The second-order valence-electron chi connectivity index (χ2n) is 15.9. The summed E-state index contributed by atoms with van der Waals surface area (Å²) in [6.07, 6.45) is 43.3. The van der Waals surface area contributed by atoms with Crippen molar-refractivity contribution >= 4 is 26.8 Å². The van der Waals surface area contributed by atoms with Gasteiger partial charge in [0.1, 0.15) is 0 Å². The predicted octanol–water partition coefficient (Wildman–Crippen LogP) is 15.0. The molecule has 0 rings (SSSR count). The van der Waals surface area contributed by atoms with Gasteiger partial charge in [-0.3, -0.25) is 0 Å². The molecular formula is C54H99BO11SSi. The van der Waals surface area contributed by atoms with Gasteiger partial charge in [0.15, 0.2) is 0 Å². The van der Waals surface area contributed by atoms with Crippen LogP contribution in [0.3, 0.4) is 0 Å². The van der Waals surface area contributed by atoms with E-state index in [2.05, 4.69) is 67.6 Å². The van der Waals surface area contributed by atoms with Gasteiger partial charge in [-0.25, -0.2) is 8.37 Å². The second kappa shape index (κ2) is 58.8. The Balaban J connectivity index is -0.000000967. The Labute approximate surface area is 420 Å². The minimum atomic E-state index is -3.81. The normalized spacial score (nSPS) is 11.0. The molecule has 394 valence electrons. The highest BCUT2D eigenvalue weighted by molar-refractivity contribution is 7.81. The van der Waals surface area contributed by atoms with Crippen molar-refractivity contribution in [2.24, 2.45) is 0 Å². The highest BCUT2D eigenvalue weighted by atomic mass is 32.3. The highest BCUT2D eigenvalue weighted by Crippen LogP contribution is 2.17. The first kappa shape index (κ1) is 69.8. The zero-order valence-electron chi connectivity index (χ0n) is 43.0. The van der Waals surface area contributed by atoms with E-state index in [4.69, 9.17) is 31.7 Å². The fraction of sp³-hybridized carbons (Fsp3) is 0.667. The third kappa shape index (κ3) is 56.1. The van der Waals surface area contributed by atoms with E-state index in [0.29, 0.717) is 59.1 Å². The first-order chi connectivity index (χ1) is 33.2. The molecule has 0 aromatic carbocycles. The largest absolute Gasteiger partial charge is 0.679 e. The highest BCUT2D eigenvalue weighted by Gasteiger charge is 2.45. The molecule has 0 atom stereocenters. The summed E-state index contributed by atoms with van der Waals surface area (Å²) >= 11 is 0. The summed E-state index contributed by atoms with van der Waals surface area (Å²) in [6.45, 7) is 38.1. The molecule has 0 fully saturated rings. The van der Waals surface area contributed by atoms with Crippen LogP contribution in [-0.4, -0.2) is 84.2 Å². The molecular weight excluding hydrogens is 896 g/mol. The Morgan fingerprint density at radius 1 is 0.294 bits per heavy atom. The van der Waals surface area contributed by atoms with E-state index in [0.717, 1.165) is 161 Å². The molecule has 0 aliphatic rings. The van der Waals surface area contributed by atoms with Crippen LogP contribution < -0.4 is 0 Å². The fourth-order valence-electron chi connectivity index (χ4n) is 5.59. The van der Waals surface area contributed by atoms with Crippen molar-refractivity contribution < 1.29 is 48.5 Å². The van der Waals surface area contributed by atoms with Crippen molar-refractivity contribution in [3.05, 3.63) is 114 Å². The molecule has 0 saturated heterocycles. The Bertz CT molecular complexity index is 1140. The van der Waals surface area contributed by atoms with Gasteiger partial charge in [0.2, 0.25) is 0 Å². The average Bonchev–Trinajstić information content (AvgIpc) is 3.33. The van der Waals surface area contributed by atoms with E-state index >= 15 is 0 Å². The monoisotopic (exact) mass is 995 g/mol. The van der Waals surface area contributed by atoms with Crippen LogP contribution in [-0.2, 0) is 50.4 Å². The molecule has 0 amide bonds. The molecule has 11 nitrogen and oxygen atoms in total. The van der Waals surface area contributed by atoms with Gasteiger partial charge in [-0.1, -0.05) is 54.7 Å². The third-order valence-corrected chi connectivity index (χ3v) is 12.7. The van der Waals surface area contributed by atoms with E-state index in [1.54, 1.807) is 12.2 Å². The lowest BCUT2D eigenvalue weighted by Crippen LogP contribution is -2.50. The van der Waals surface area contributed by atoms with Gasteiger partial charge >= 0.3 is 26.8 Å². The van der Waals surface area contributed by atoms with Crippen molar-refractivity contribution in [3.8, 4) is 0 Å². The van der Waals surface area contributed by atoms with Gasteiger partial charge in [0, 0.05) is 46.2 Å². The summed E-state index contributed by atoms with van der Waals surface area (Å²) in [5.74, 6) is 0. The Kier molecular flexibility index (Phi) is 60.4. The maximum atomic E-state index is 11.2. The summed E-state index contributed by atoms with van der Waals surface area (Å²) in [6, 6.07) is 0. The number of hydrogen-bond donors (Lipinski definition) is 0. The maximum absolute atomic E-state index is 11.2. The fourth-order valence-corrected chi connectivity index (χ4v) is 8.38. The molecule has 68 heavy (non-hydrogen) atoms. The Hall–Kier alpha value is -2.47. The smallest absolute Gasteiger partial charge is 0.386 e. The van der Waals surface area contributed by atoms with Crippen LogP contribution in [0.4, 0.5) is 0 Å². The third-order valence-electron chi connectivity index (χ3n) is 9.56. The van der Waals surface area contributed by atoms with E-state index in [-0.39, 0.29) is 13.2 Å². The standard InChI is InChI=1S/C24H44O4Si.C18H33BO3.C12H22O4S/c1-5-9-13-17-21-25-29(26-22-18-14-10-6-2,27-23-19-15-11-7-3)28-24-20-16-12-8-4;1-4-7-10-13-16-20-19(21-17-14-11-8-5-2)22-18-15-12-9-6-3;1-3-5-7-9-11-15-17(13,14)16-12-10-8-6-4-2/h5-8H,1-4,9-24H2;4-6H,1-3,7-18H2;3-4H,1-2,5-12H2. The van der Waals surface area contributed by atoms with E-state index in [9.17, 15) is 8.42 Å². The number of hydrogen-bond acceptors (Lipinski definition) is 11. The number of unbranched alkanes of at least 4 members (excludes halogenated alkanes) is 18. The van der Waals surface area contributed by atoms with Crippen LogP contribution in [0.1, 0.15) is 173 Å². The Morgan fingerprint density at radius 3 is 0.691 bits per heavy atom. The van der Waals surface area contributed by atoms with Gasteiger partial charge in [-0.05, 0) is 173 Å². The summed E-state index contributed by atoms with van der Waals surface area (Å²) in [5.41, 5.74) is 0. The van der Waals surface area contributed by atoms with E-state index < -0.39 is 26.8 Å². The zero-order chi connectivity index (χ0) is 50.8. The molecule has 0 radical (unpaired) electrons. The molecule has 14 heteroatoms. The molecule has 0 unspecified atom stereocenters. The van der Waals surface area contributed by atoms with Crippen LogP contribution in [0.5, 0.6) is 0 Å².